The van der Waals surface area contributed by atoms with Crippen LogP contribution < -0.4 is 4.74 Å². The molecule has 0 saturated carbocycles. The molecule has 0 bridgehead atoms. The van der Waals surface area contributed by atoms with Gasteiger partial charge in [-0.15, -0.1) is 0 Å². The third kappa shape index (κ3) is 2.45. The van der Waals surface area contributed by atoms with Crippen LogP contribution in [-0.4, -0.2) is 10.8 Å². The van der Waals surface area contributed by atoms with Gasteiger partial charge in [-0.05, 0) is 31.2 Å². The molecule has 0 fully saturated rings. The number of Topliss-reactive ketones (excluding diaryl/α,β-unsaturated/α-hetero) is 1. The van der Waals surface area contributed by atoms with E-state index in [-0.39, 0.29) is 5.78 Å². The normalized spacial score (nSPS) is 9.81. The van der Waals surface area contributed by atoms with Gasteiger partial charge in [-0.1, -0.05) is 12.1 Å². The molecule has 1 aromatic heterocycles. The van der Waals surface area contributed by atoms with Crippen LogP contribution in [-0.2, 0) is 0 Å². The van der Waals surface area contributed by atoms with Crippen molar-refractivity contribution in [3.63, 3.8) is 0 Å². The highest BCUT2D eigenvalue weighted by atomic mass is 16.5. The molecular weight excluding hydrogens is 202 g/mol. The molecule has 0 aliphatic heterocycles. The van der Waals surface area contributed by atoms with Crippen molar-refractivity contribution in [2.45, 2.75) is 6.92 Å². The fraction of sp³-hybridized carbons (Fsp3) is 0.0769. The van der Waals surface area contributed by atoms with Gasteiger partial charge in [0.15, 0.2) is 5.78 Å². The lowest BCUT2D eigenvalue weighted by atomic mass is 10.1. The molecule has 0 aliphatic rings. The Bertz CT molecular complexity index is 494. The molecule has 0 unspecified atom stereocenters. The molecule has 0 N–H and O–H groups in total. The van der Waals surface area contributed by atoms with Crippen LogP contribution in [0.4, 0.5) is 0 Å². The number of hydrogen-bond acceptors (Lipinski definition) is 3. The first-order valence-corrected chi connectivity index (χ1v) is 4.94. The number of ether oxygens (including phenoxy) is 1. The van der Waals surface area contributed by atoms with Gasteiger partial charge in [-0.25, -0.2) is 0 Å². The van der Waals surface area contributed by atoms with Crippen molar-refractivity contribution < 1.29 is 9.53 Å². The van der Waals surface area contributed by atoms with E-state index in [1.54, 1.807) is 42.7 Å². The average Bonchev–Trinajstić information content (AvgIpc) is 2.30. The third-order valence-corrected chi connectivity index (χ3v) is 2.11. The summed E-state index contributed by atoms with van der Waals surface area (Å²) in [5.41, 5.74) is 0.640. The molecule has 1 aromatic carbocycles. The minimum absolute atomic E-state index is 0.0247. The van der Waals surface area contributed by atoms with Crippen LogP contribution in [0.2, 0.25) is 0 Å². The molecule has 3 nitrogen and oxygen atoms in total. The minimum Gasteiger partial charge on any atom is -0.456 e. The standard InChI is InChI=1S/C13H11NO2/c1-10(15)11-4-2-5-12(8-11)16-13-6-3-7-14-9-13/h2-9H,1H3. The number of nitrogens with zero attached hydrogens (tertiary/aromatic N) is 1. The van der Waals surface area contributed by atoms with E-state index in [1.165, 1.54) is 6.92 Å². The maximum absolute atomic E-state index is 11.2. The van der Waals surface area contributed by atoms with Crippen LogP contribution in [0, 0.1) is 0 Å². The van der Waals surface area contributed by atoms with Crippen molar-refractivity contribution in [1.82, 2.24) is 4.98 Å². The van der Waals surface area contributed by atoms with Gasteiger partial charge in [0.2, 0.25) is 0 Å². The summed E-state index contributed by atoms with van der Waals surface area (Å²) >= 11 is 0. The topological polar surface area (TPSA) is 39.2 Å². The third-order valence-electron chi connectivity index (χ3n) is 2.11. The monoisotopic (exact) mass is 213 g/mol. The smallest absolute Gasteiger partial charge is 0.159 e. The van der Waals surface area contributed by atoms with E-state index in [1.807, 2.05) is 6.07 Å². The summed E-state index contributed by atoms with van der Waals surface area (Å²) in [5, 5.41) is 0. The van der Waals surface area contributed by atoms with Gasteiger partial charge in [0.1, 0.15) is 11.5 Å². The summed E-state index contributed by atoms with van der Waals surface area (Å²) in [4.78, 5) is 15.1. The fourth-order valence-corrected chi connectivity index (χ4v) is 1.32. The molecular formula is C13H11NO2. The van der Waals surface area contributed by atoms with Crippen LogP contribution >= 0.6 is 0 Å². The Morgan fingerprint density at radius 1 is 1.19 bits per heavy atom. The predicted molar refractivity (Wildman–Crippen MR) is 60.8 cm³/mol. The zero-order valence-corrected chi connectivity index (χ0v) is 8.88. The van der Waals surface area contributed by atoms with E-state index in [2.05, 4.69) is 4.98 Å². The van der Waals surface area contributed by atoms with Gasteiger partial charge >= 0.3 is 0 Å². The Morgan fingerprint density at radius 3 is 2.69 bits per heavy atom. The highest BCUT2D eigenvalue weighted by Crippen LogP contribution is 2.21. The SMILES string of the molecule is CC(=O)c1cccc(Oc2cccnc2)c1. The van der Waals surface area contributed by atoms with Crippen molar-refractivity contribution >= 4 is 5.78 Å². The zero-order chi connectivity index (χ0) is 11.4. The van der Waals surface area contributed by atoms with Crippen molar-refractivity contribution in [3.8, 4) is 11.5 Å². The minimum atomic E-state index is 0.0247. The molecule has 0 radical (unpaired) electrons. The molecule has 80 valence electrons. The first-order valence-electron chi connectivity index (χ1n) is 4.94. The van der Waals surface area contributed by atoms with Gasteiger partial charge in [-0.3, -0.25) is 9.78 Å². The van der Waals surface area contributed by atoms with Crippen LogP contribution in [0.15, 0.2) is 48.8 Å². The molecule has 0 saturated heterocycles. The Hall–Kier alpha value is -2.16. The summed E-state index contributed by atoms with van der Waals surface area (Å²) in [6, 6.07) is 10.7. The second-order valence-corrected chi connectivity index (χ2v) is 3.37. The van der Waals surface area contributed by atoms with E-state index in [0.29, 0.717) is 17.1 Å². The number of ketones is 1. The first kappa shape index (κ1) is 10.4. The van der Waals surface area contributed by atoms with Crippen LogP contribution in [0.25, 0.3) is 0 Å². The van der Waals surface area contributed by atoms with Gasteiger partial charge in [0.05, 0.1) is 6.20 Å². The highest BCUT2D eigenvalue weighted by Gasteiger charge is 2.01. The molecule has 1 heterocycles. The van der Waals surface area contributed by atoms with Gasteiger partial charge in [-0.2, -0.15) is 0 Å². The molecule has 2 aromatic rings. The lowest BCUT2D eigenvalue weighted by molar-refractivity contribution is 0.101. The van der Waals surface area contributed by atoms with Gasteiger partial charge in [0.25, 0.3) is 0 Å². The van der Waals surface area contributed by atoms with Crippen LogP contribution in [0.5, 0.6) is 11.5 Å². The zero-order valence-electron chi connectivity index (χ0n) is 8.88. The van der Waals surface area contributed by atoms with Crippen molar-refractivity contribution in [2.75, 3.05) is 0 Å². The van der Waals surface area contributed by atoms with Crippen molar-refractivity contribution in [2.24, 2.45) is 0 Å². The van der Waals surface area contributed by atoms with Crippen LogP contribution in [0.3, 0.4) is 0 Å². The number of carbonyl (C=O) groups excluding carboxylic acids is 1. The van der Waals surface area contributed by atoms with E-state index in [9.17, 15) is 4.79 Å². The highest BCUT2D eigenvalue weighted by molar-refractivity contribution is 5.94. The number of pyridine rings is 1. The first-order chi connectivity index (χ1) is 7.75. The molecule has 0 amide bonds. The van der Waals surface area contributed by atoms with E-state index >= 15 is 0 Å². The number of aromatic nitrogens is 1. The van der Waals surface area contributed by atoms with E-state index < -0.39 is 0 Å². The quantitative estimate of drug-likeness (QED) is 0.735. The largest absolute Gasteiger partial charge is 0.456 e. The maximum atomic E-state index is 11.2. The number of carbonyl (C=O) groups is 1. The molecule has 0 atom stereocenters. The lowest BCUT2D eigenvalue weighted by Crippen LogP contribution is -1.92. The second-order valence-electron chi connectivity index (χ2n) is 3.37. The number of benzene rings is 1. The second kappa shape index (κ2) is 4.57. The fourth-order valence-electron chi connectivity index (χ4n) is 1.32. The van der Waals surface area contributed by atoms with Crippen molar-refractivity contribution in [1.29, 1.82) is 0 Å². The summed E-state index contributed by atoms with van der Waals surface area (Å²) in [6.45, 7) is 1.53. The molecule has 16 heavy (non-hydrogen) atoms. The molecule has 2 rings (SSSR count). The van der Waals surface area contributed by atoms with Gasteiger partial charge < -0.3 is 4.74 Å². The number of rotatable bonds is 3. The summed E-state index contributed by atoms with van der Waals surface area (Å²) in [5.74, 6) is 1.32. The maximum Gasteiger partial charge on any atom is 0.159 e. The Kier molecular flexibility index (Phi) is 2.96. The summed E-state index contributed by atoms with van der Waals surface area (Å²) < 4.78 is 5.55. The Labute approximate surface area is 93.7 Å². The molecule has 3 heteroatoms. The Morgan fingerprint density at radius 2 is 2.00 bits per heavy atom. The Balaban J connectivity index is 2.22. The number of hydrogen-bond donors (Lipinski definition) is 0. The summed E-state index contributed by atoms with van der Waals surface area (Å²) in [7, 11) is 0. The molecule has 0 spiro atoms. The van der Waals surface area contributed by atoms with E-state index in [0.717, 1.165) is 0 Å². The van der Waals surface area contributed by atoms with E-state index in [4.69, 9.17) is 4.74 Å². The molecule has 0 aliphatic carbocycles. The van der Waals surface area contributed by atoms with Crippen LogP contribution in [0.1, 0.15) is 17.3 Å². The van der Waals surface area contributed by atoms with Gasteiger partial charge in [0, 0.05) is 11.8 Å². The average molecular weight is 213 g/mol. The van der Waals surface area contributed by atoms with Crippen molar-refractivity contribution in [3.05, 3.63) is 54.4 Å². The predicted octanol–water partition coefficient (Wildman–Crippen LogP) is 3.08. The lowest BCUT2D eigenvalue weighted by Gasteiger charge is -2.05. The summed E-state index contributed by atoms with van der Waals surface area (Å²) in [6.07, 6.45) is 3.30.